The minimum Gasteiger partial charge on any atom is -0.545 e. The van der Waals surface area contributed by atoms with Gasteiger partial charge < -0.3 is 15.6 Å². The van der Waals surface area contributed by atoms with E-state index < -0.39 is 22.5 Å². The molecule has 0 aliphatic rings. The van der Waals surface area contributed by atoms with Crippen LogP contribution in [-0.2, 0) is 0 Å². The Morgan fingerprint density at radius 1 is 1.33 bits per heavy atom. The van der Waals surface area contributed by atoms with Crippen LogP contribution < -0.4 is 10.8 Å². The second-order valence-electron chi connectivity index (χ2n) is 2.64. The van der Waals surface area contributed by atoms with E-state index >= 15 is 0 Å². The lowest BCUT2D eigenvalue weighted by molar-refractivity contribution is -0.385. The summed E-state index contributed by atoms with van der Waals surface area (Å²) in [7, 11) is 0. The van der Waals surface area contributed by atoms with E-state index in [-0.39, 0.29) is 11.1 Å². The molecule has 15 heavy (non-hydrogen) atoms. The van der Waals surface area contributed by atoms with Gasteiger partial charge in [-0.05, 0) is 6.07 Å². The number of hydrogen-bond acceptors (Lipinski definition) is 5. The van der Waals surface area contributed by atoms with E-state index in [2.05, 4.69) is 0 Å². The van der Waals surface area contributed by atoms with Gasteiger partial charge in [0.25, 0.3) is 11.6 Å². The van der Waals surface area contributed by atoms with Gasteiger partial charge >= 0.3 is 0 Å². The smallest absolute Gasteiger partial charge is 0.282 e. The first-order valence-corrected chi connectivity index (χ1v) is 3.73. The van der Waals surface area contributed by atoms with E-state index in [9.17, 15) is 24.8 Å². The van der Waals surface area contributed by atoms with E-state index in [1.54, 1.807) is 0 Å². The highest BCUT2D eigenvalue weighted by molar-refractivity contribution is 5.98. The van der Waals surface area contributed by atoms with Gasteiger partial charge in [0.15, 0.2) is 0 Å². The number of rotatable bonds is 3. The Balaban J connectivity index is 3.40. The molecule has 0 unspecified atom stereocenters. The van der Waals surface area contributed by atoms with Gasteiger partial charge in [0.2, 0.25) is 0 Å². The minimum absolute atomic E-state index is 0.343. The minimum atomic E-state index is -1.56. The third kappa shape index (κ3) is 2.08. The molecule has 0 aromatic heterocycles. The van der Waals surface area contributed by atoms with Crippen molar-refractivity contribution in [1.82, 2.24) is 0 Å². The summed E-state index contributed by atoms with van der Waals surface area (Å²) < 4.78 is 0. The molecule has 0 fully saturated rings. The number of carboxylic acids is 1. The lowest BCUT2D eigenvalue weighted by Crippen LogP contribution is -2.23. The highest BCUT2D eigenvalue weighted by Crippen LogP contribution is 2.19. The van der Waals surface area contributed by atoms with Crippen LogP contribution in [0, 0.1) is 10.1 Å². The number of nitro benzene ring substituents is 1. The molecule has 0 spiro atoms. The number of carboxylic acid groups (broad SMARTS) is 1. The van der Waals surface area contributed by atoms with Crippen molar-refractivity contribution in [2.75, 3.05) is 0 Å². The Labute approximate surface area is 83.3 Å². The normalized spacial score (nSPS) is 9.60. The van der Waals surface area contributed by atoms with Gasteiger partial charge in [-0.2, -0.15) is 0 Å². The maximum Gasteiger partial charge on any atom is 0.282 e. The molecule has 0 bridgehead atoms. The van der Waals surface area contributed by atoms with Crippen LogP contribution in [0.5, 0.6) is 0 Å². The molecule has 7 nitrogen and oxygen atoms in total. The molecule has 0 aliphatic heterocycles. The monoisotopic (exact) mass is 209 g/mol. The first-order valence-electron chi connectivity index (χ1n) is 3.73. The van der Waals surface area contributed by atoms with Gasteiger partial charge in [0.1, 0.15) is 5.56 Å². The van der Waals surface area contributed by atoms with Crippen molar-refractivity contribution in [3.63, 3.8) is 0 Å². The molecule has 2 N–H and O–H groups in total. The number of primary amides is 1. The quantitative estimate of drug-likeness (QED) is 0.507. The molecule has 1 amide bonds. The van der Waals surface area contributed by atoms with Crippen LogP contribution in [0.4, 0.5) is 5.69 Å². The molecule has 0 saturated carbocycles. The van der Waals surface area contributed by atoms with Gasteiger partial charge in [-0.15, -0.1) is 0 Å². The van der Waals surface area contributed by atoms with Crippen LogP contribution >= 0.6 is 0 Å². The van der Waals surface area contributed by atoms with Crippen molar-refractivity contribution in [2.45, 2.75) is 0 Å². The molecule has 1 aromatic carbocycles. The summed E-state index contributed by atoms with van der Waals surface area (Å²) in [6.07, 6.45) is 0. The predicted molar refractivity (Wildman–Crippen MR) is 45.9 cm³/mol. The molecular formula is C8H5N2O5-. The summed E-state index contributed by atoms with van der Waals surface area (Å²) in [5, 5.41) is 20.9. The van der Waals surface area contributed by atoms with Crippen LogP contribution in [-0.4, -0.2) is 16.8 Å². The number of nitrogens with two attached hydrogens (primary N) is 1. The molecule has 1 aromatic rings. The predicted octanol–water partition coefficient (Wildman–Crippen LogP) is -0.943. The zero-order chi connectivity index (χ0) is 11.6. The van der Waals surface area contributed by atoms with E-state index in [1.165, 1.54) is 0 Å². The molecule has 7 heteroatoms. The number of nitro groups is 1. The lowest BCUT2D eigenvalue weighted by atomic mass is 10.1. The van der Waals surface area contributed by atoms with Crippen LogP contribution in [0.3, 0.4) is 0 Å². The van der Waals surface area contributed by atoms with Crippen molar-refractivity contribution in [1.29, 1.82) is 0 Å². The third-order valence-electron chi connectivity index (χ3n) is 1.70. The topological polar surface area (TPSA) is 126 Å². The summed E-state index contributed by atoms with van der Waals surface area (Å²) in [6.45, 7) is 0. The zero-order valence-corrected chi connectivity index (χ0v) is 7.30. The SMILES string of the molecule is NC(=O)c1ccc(C(=O)[O-])cc1[N+](=O)[O-]. The molecule has 0 heterocycles. The van der Waals surface area contributed by atoms with Crippen molar-refractivity contribution >= 4 is 17.6 Å². The summed E-state index contributed by atoms with van der Waals surface area (Å²) in [5.41, 5.74) is 3.50. The maximum absolute atomic E-state index is 10.8. The first kappa shape index (κ1) is 10.6. The Hall–Kier alpha value is -2.44. The van der Waals surface area contributed by atoms with Gasteiger partial charge in [-0.1, -0.05) is 6.07 Å². The Morgan fingerprint density at radius 2 is 1.93 bits per heavy atom. The Bertz CT molecular complexity index is 454. The fourth-order valence-electron chi connectivity index (χ4n) is 1.02. The number of hydrogen-bond donors (Lipinski definition) is 1. The number of aromatic carboxylic acids is 1. The van der Waals surface area contributed by atoms with Crippen molar-refractivity contribution in [3.8, 4) is 0 Å². The molecule has 78 valence electrons. The maximum atomic E-state index is 10.8. The fourth-order valence-corrected chi connectivity index (χ4v) is 1.02. The summed E-state index contributed by atoms with van der Waals surface area (Å²) >= 11 is 0. The highest BCUT2D eigenvalue weighted by Gasteiger charge is 2.18. The standard InChI is InChI=1S/C8H6N2O5/c9-7(11)5-2-1-4(8(12)13)3-6(5)10(14)15/h1-3H,(H2,9,11)(H,12,13)/p-1. The first-order chi connectivity index (χ1) is 6.93. The Kier molecular flexibility index (Phi) is 2.65. The van der Waals surface area contributed by atoms with Crippen LogP contribution in [0.1, 0.15) is 20.7 Å². The molecular weight excluding hydrogens is 204 g/mol. The average molecular weight is 209 g/mol. The number of benzene rings is 1. The lowest BCUT2D eigenvalue weighted by Gasteiger charge is -2.03. The van der Waals surface area contributed by atoms with Gasteiger partial charge in [-0.25, -0.2) is 0 Å². The van der Waals surface area contributed by atoms with E-state index in [1.807, 2.05) is 0 Å². The number of amides is 1. The Morgan fingerprint density at radius 3 is 2.33 bits per heavy atom. The van der Waals surface area contributed by atoms with E-state index in [0.717, 1.165) is 18.2 Å². The van der Waals surface area contributed by atoms with Gasteiger partial charge in [0.05, 0.1) is 10.9 Å². The van der Waals surface area contributed by atoms with Gasteiger partial charge in [0, 0.05) is 11.6 Å². The molecule has 0 radical (unpaired) electrons. The van der Waals surface area contributed by atoms with Gasteiger partial charge in [-0.3, -0.25) is 14.9 Å². The highest BCUT2D eigenvalue weighted by atomic mass is 16.6. The van der Waals surface area contributed by atoms with Crippen LogP contribution in [0.2, 0.25) is 0 Å². The summed E-state index contributed by atoms with van der Waals surface area (Å²) in [4.78, 5) is 30.8. The zero-order valence-electron chi connectivity index (χ0n) is 7.30. The van der Waals surface area contributed by atoms with Crippen molar-refractivity contribution in [3.05, 3.63) is 39.4 Å². The number of carbonyl (C=O) groups is 2. The van der Waals surface area contributed by atoms with E-state index in [4.69, 9.17) is 5.73 Å². The number of nitrogens with zero attached hydrogens (tertiary/aromatic N) is 1. The molecule has 0 atom stereocenters. The second-order valence-corrected chi connectivity index (χ2v) is 2.64. The second kappa shape index (κ2) is 3.74. The largest absolute Gasteiger partial charge is 0.545 e. The van der Waals surface area contributed by atoms with Crippen LogP contribution in [0.25, 0.3) is 0 Å². The van der Waals surface area contributed by atoms with E-state index in [0.29, 0.717) is 0 Å². The fraction of sp³-hybridized carbons (Fsp3) is 0. The molecule has 0 saturated heterocycles. The average Bonchev–Trinajstić information content (AvgIpc) is 2.16. The summed E-state index contributed by atoms with van der Waals surface area (Å²) in [5.74, 6) is -2.55. The molecule has 1 rings (SSSR count). The molecule has 0 aliphatic carbocycles. The third-order valence-corrected chi connectivity index (χ3v) is 1.70. The van der Waals surface area contributed by atoms with Crippen molar-refractivity contribution in [2.24, 2.45) is 5.73 Å². The number of carbonyl (C=O) groups excluding carboxylic acids is 2. The summed E-state index contributed by atoms with van der Waals surface area (Å²) in [6, 6.07) is 2.73. The van der Waals surface area contributed by atoms with Crippen LogP contribution in [0.15, 0.2) is 18.2 Å². The van der Waals surface area contributed by atoms with Crippen molar-refractivity contribution < 1.29 is 19.6 Å².